The first-order chi connectivity index (χ1) is 13.0. The van der Waals surface area contributed by atoms with E-state index in [1.54, 1.807) is 0 Å². The molecule has 3 rings (SSSR count). The first-order valence-electron chi connectivity index (χ1n) is 11.4. The molecule has 3 aliphatic carbocycles. The number of amides is 1. The lowest BCUT2D eigenvalue weighted by atomic mass is 9.48. The van der Waals surface area contributed by atoms with Crippen molar-refractivity contribution in [3.63, 3.8) is 0 Å². The third kappa shape index (κ3) is 3.96. The molecule has 1 N–H and O–H groups in total. The standard InChI is InChI=1S/C23H38F3NO/c1-5-16-13-15(2)8-12-22(16,4)19-9-11-21(3)10-6-7-18(21)17(19)14-27-20(28)23(24,25)26/h15-19H,5-14H2,1-4H3,(H,27,28)/t15-,16-,17-,18-,19-,21-,22-/m0/s1. The Balaban J connectivity index is 1.86. The van der Waals surface area contributed by atoms with Crippen LogP contribution < -0.4 is 5.32 Å². The number of carbonyl (C=O) groups is 1. The van der Waals surface area contributed by atoms with Crippen LogP contribution in [-0.4, -0.2) is 18.6 Å². The highest BCUT2D eigenvalue weighted by Crippen LogP contribution is 2.62. The Bertz CT molecular complexity index is 577. The lowest BCUT2D eigenvalue weighted by Crippen LogP contribution is -2.53. The van der Waals surface area contributed by atoms with Crippen molar-refractivity contribution < 1.29 is 18.0 Å². The molecule has 0 aromatic heterocycles. The smallest absolute Gasteiger partial charge is 0.348 e. The third-order valence-corrected chi connectivity index (χ3v) is 9.11. The highest BCUT2D eigenvalue weighted by atomic mass is 19.4. The van der Waals surface area contributed by atoms with Gasteiger partial charge < -0.3 is 5.32 Å². The van der Waals surface area contributed by atoms with Gasteiger partial charge in [0.15, 0.2) is 0 Å². The van der Waals surface area contributed by atoms with Crippen LogP contribution in [0.2, 0.25) is 0 Å². The molecule has 0 heterocycles. The molecule has 2 nitrogen and oxygen atoms in total. The molecule has 0 radical (unpaired) electrons. The van der Waals surface area contributed by atoms with Gasteiger partial charge in [-0.1, -0.05) is 47.0 Å². The summed E-state index contributed by atoms with van der Waals surface area (Å²) in [4.78, 5) is 11.6. The third-order valence-electron chi connectivity index (χ3n) is 9.11. The molecule has 7 atom stereocenters. The lowest BCUT2D eigenvalue weighted by Gasteiger charge is -2.57. The molecule has 28 heavy (non-hydrogen) atoms. The molecule has 162 valence electrons. The lowest BCUT2D eigenvalue weighted by molar-refractivity contribution is -0.174. The maximum atomic E-state index is 12.8. The van der Waals surface area contributed by atoms with Crippen molar-refractivity contribution in [1.29, 1.82) is 0 Å². The number of hydrogen-bond acceptors (Lipinski definition) is 1. The Hall–Kier alpha value is -0.740. The van der Waals surface area contributed by atoms with Crippen molar-refractivity contribution in [1.82, 2.24) is 5.32 Å². The van der Waals surface area contributed by atoms with Crippen molar-refractivity contribution in [3.8, 4) is 0 Å². The van der Waals surface area contributed by atoms with Gasteiger partial charge in [-0.2, -0.15) is 13.2 Å². The second kappa shape index (κ2) is 7.83. The van der Waals surface area contributed by atoms with E-state index in [9.17, 15) is 18.0 Å². The molecule has 3 aliphatic rings. The number of fused-ring (bicyclic) bond motifs is 1. The van der Waals surface area contributed by atoms with Crippen molar-refractivity contribution in [3.05, 3.63) is 0 Å². The first-order valence-corrected chi connectivity index (χ1v) is 11.4. The van der Waals surface area contributed by atoms with Crippen molar-refractivity contribution in [2.75, 3.05) is 6.54 Å². The first kappa shape index (κ1) is 22.0. The summed E-state index contributed by atoms with van der Waals surface area (Å²) in [5, 5.41) is 2.29. The van der Waals surface area contributed by atoms with Crippen molar-refractivity contribution in [2.24, 2.45) is 40.4 Å². The molecule has 3 fully saturated rings. The minimum Gasteiger partial charge on any atom is -0.348 e. The van der Waals surface area contributed by atoms with Gasteiger partial charge in [-0.25, -0.2) is 0 Å². The van der Waals surface area contributed by atoms with E-state index in [4.69, 9.17) is 0 Å². The minimum absolute atomic E-state index is 0.167. The maximum absolute atomic E-state index is 12.8. The summed E-state index contributed by atoms with van der Waals surface area (Å²) >= 11 is 0. The Morgan fingerprint density at radius 3 is 2.43 bits per heavy atom. The van der Waals surface area contributed by atoms with Crippen LogP contribution in [0.15, 0.2) is 0 Å². The van der Waals surface area contributed by atoms with Gasteiger partial charge in [0.1, 0.15) is 0 Å². The Morgan fingerprint density at radius 2 is 1.79 bits per heavy atom. The van der Waals surface area contributed by atoms with E-state index < -0.39 is 12.1 Å². The van der Waals surface area contributed by atoms with Crippen molar-refractivity contribution in [2.45, 2.75) is 91.7 Å². The van der Waals surface area contributed by atoms with E-state index in [1.807, 2.05) is 0 Å². The largest absolute Gasteiger partial charge is 0.471 e. The van der Waals surface area contributed by atoms with Crippen LogP contribution in [0.3, 0.4) is 0 Å². The van der Waals surface area contributed by atoms with Crippen LogP contribution in [0.4, 0.5) is 13.2 Å². The van der Waals surface area contributed by atoms with E-state index in [1.165, 1.54) is 38.5 Å². The quantitative estimate of drug-likeness (QED) is 0.584. The van der Waals surface area contributed by atoms with Gasteiger partial charge in [0.05, 0.1) is 0 Å². The zero-order valence-electron chi connectivity index (χ0n) is 18.0. The van der Waals surface area contributed by atoms with Gasteiger partial charge in [-0.05, 0) is 78.9 Å². The molecule has 0 unspecified atom stereocenters. The van der Waals surface area contributed by atoms with E-state index in [0.29, 0.717) is 17.8 Å². The van der Waals surface area contributed by atoms with E-state index in [2.05, 4.69) is 33.0 Å². The summed E-state index contributed by atoms with van der Waals surface area (Å²) < 4.78 is 38.5. The molecule has 0 saturated heterocycles. The normalized spacial score (nSPS) is 44.2. The topological polar surface area (TPSA) is 29.1 Å². The van der Waals surface area contributed by atoms with E-state index in [0.717, 1.165) is 25.2 Å². The minimum atomic E-state index is -4.79. The predicted molar refractivity (Wildman–Crippen MR) is 106 cm³/mol. The average Bonchev–Trinajstić information content (AvgIpc) is 3.02. The molecule has 3 saturated carbocycles. The summed E-state index contributed by atoms with van der Waals surface area (Å²) in [5.41, 5.74) is 0.420. The Labute approximate surface area is 168 Å². The van der Waals surface area contributed by atoms with Crippen LogP contribution in [-0.2, 0) is 4.79 Å². The Morgan fingerprint density at radius 1 is 1.07 bits per heavy atom. The van der Waals surface area contributed by atoms with Crippen LogP contribution >= 0.6 is 0 Å². The van der Waals surface area contributed by atoms with Gasteiger partial charge >= 0.3 is 12.1 Å². The maximum Gasteiger partial charge on any atom is 0.471 e. The number of carbonyl (C=O) groups excluding carboxylic acids is 1. The summed E-state index contributed by atoms with van der Waals surface area (Å²) in [6.07, 6.45) is 5.70. The fourth-order valence-corrected chi connectivity index (χ4v) is 7.45. The van der Waals surface area contributed by atoms with E-state index in [-0.39, 0.29) is 23.3 Å². The zero-order valence-corrected chi connectivity index (χ0v) is 18.0. The second-order valence-electron chi connectivity index (χ2n) is 10.7. The Kier molecular flexibility index (Phi) is 6.14. The fraction of sp³-hybridized carbons (Fsp3) is 0.957. The second-order valence-corrected chi connectivity index (χ2v) is 10.7. The molecule has 5 heteroatoms. The molecule has 1 amide bonds. The molecule has 0 bridgehead atoms. The summed E-state index contributed by atoms with van der Waals surface area (Å²) in [6, 6.07) is 0. The zero-order chi connectivity index (χ0) is 20.7. The van der Waals surface area contributed by atoms with Gasteiger partial charge in [-0.15, -0.1) is 0 Å². The van der Waals surface area contributed by atoms with Crippen LogP contribution in [0.1, 0.15) is 85.5 Å². The van der Waals surface area contributed by atoms with Gasteiger partial charge in [0.2, 0.25) is 0 Å². The molecule has 0 aliphatic heterocycles. The highest BCUT2D eigenvalue weighted by molar-refractivity contribution is 5.81. The molecule has 0 spiro atoms. The number of rotatable bonds is 4. The van der Waals surface area contributed by atoms with E-state index >= 15 is 0 Å². The fourth-order valence-electron chi connectivity index (χ4n) is 7.45. The average molecular weight is 402 g/mol. The van der Waals surface area contributed by atoms with Gasteiger partial charge in [0.25, 0.3) is 0 Å². The number of hydrogen-bond donors (Lipinski definition) is 1. The van der Waals surface area contributed by atoms with Crippen LogP contribution in [0, 0.1) is 40.4 Å². The molecular weight excluding hydrogens is 363 g/mol. The monoisotopic (exact) mass is 401 g/mol. The SMILES string of the molecule is CC[C@H]1C[C@@H](C)CC[C@]1(C)[C@H]1CC[C@]2(C)CCC[C@H]2[C@@H]1CNC(=O)C(F)(F)F. The predicted octanol–water partition coefficient (Wildman–Crippen LogP) is 6.35. The molecular formula is C23H38F3NO. The summed E-state index contributed by atoms with van der Waals surface area (Å²) in [5.74, 6) is 0.615. The summed E-state index contributed by atoms with van der Waals surface area (Å²) in [6.45, 7) is 9.53. The van der Waals surface area contributed by atoms with Crippen LogP contribution in [0.25, 0.3) is 0 Å². The number of alkyl halides is 3. The molecule has 0 aromatic rings. The van der Waals surface area contributed by atoms with Gasteiger partial charge in [-0.3, -0.25) is 4.79 Å². The number of nitrogens with one attached hydrogen (secondary N) is 1. The highest BCUT2D eigenvalue weighted by Gasteiger charge is 2.55. The van der Waals surface area contributed by atoms with Gasteiger partial charge in [0, 0.05) is 6.54 Å². The van der Waals surface area contributed by atoms with Crippen LogP contribution in [0.5, 0.6) is 0 Å². The molecule has 0 aromatic carbocycles. The van der Waals surface area contributed by atoms with Crippen molar-refractivity contribution >= 4 is 5.91 Å². The number of halogens is 3. The summed E-state index contributed by atoms with van der Waals surface area (Å²) in [7, 11) is 0.